The van der Waals surface area contributed by atoms with Gasteiger partial charge in [-0.25, -0.2) is 19.6 Å². The minimum absolute atomic E-state index is 0.211. The van der Waals surface area contributed by atoms with E-state index >= 15 is 0 Å². The quantitative estimate of drug-likeness (QED) is 0.451. The molecule has 1 unspecified atom stereocenters. The number of methoxy groups -OCH3 is 1. The van der Waals surface area contributed by atoms with E-state index in [4.69, 9.17) is 15.9 Å². The van der Waals surface area contributed by atoms with Gasteiger partial charge in [0.05, 0.1) is 37.2 Å². The molecule has 1 rings (SSSR count). The molecule has 1 aromatic heterocycles. The number of ether oxygens (including phenoxy) is 2. The number of terminal acetylenes is 1. The van der Waals surface area contributed by atoms with Crippen molar-refractivity contribution in [2.75, 3.05) is 25.5 Å². The highest BCUT2D eigenvalue weighted by Gasteiger charge is 2.26. The van der Waals surface area contributed by atoms with Crippen molar-refractivity contribution in [3.8, 4) is 12.3 Å². The Morgan fingerprint density at radius 3 is 2.24 bits per heavy atom. The largest absolute Gasteiger partial charge is 0.467 e. The summed E-state index contributed by atoms with van der Waals surface area (Å²) in [6.07, 6.45) is 4.47. The monoisotopic (exact) mass is 405 g/mol. The van der Waals surface area contributed by atoms with Crippen molar-refractivity contribution in [1.82, 2.24) is 20.6 Å². The minimum Gasteiger partial charge on any atom is -0.467 e. The SMILES string of the molecule is C#CCNc1nc(C)c(C(=O)NC(CNC(=O)OC(C)(C)C)C(=O)OC)c(C)n1. The summed E-state index contributed by atoms with van der Waals surface area (Å²) < 4.78 is 9.82. The first-order chi connectivity index (χ1) is 13.5. The molecule has 0 aliphatic heterocycles. The summed E-state index contributed by atoms with van der Waals surface area (Å²) >= 11 is 0. The van der Waals surface area contributed by atoms with Crippen LogP contribution in [0.1, 0.15) is 42.5 Å². The fourth-order valence-electron chi connectivity index (χ4n) is 2.32. The second-order valence-electron chi connectivity index (χ2n) is 7.08. The highest BCUT2D eigenvalue weighted by molar-refractivity contribution is 5.98. The average molecular weight is 405 g/mol. The molecular weight excluding hydrogens is 378 g/mol. The van der Waals surface area contributed by atoms with Gasteiger partial charge in [-0.15, -0.1) is 6.42 Å². The maximum Gasteiger partial charge on any atom is 0.407 e. The summed E-state index contributed by atoms with van der Waals surface area (Å²) in [5.41, 5.74) is 0.313. The maximum absolute atomic E-state index is 12.7. The molecule has 0 saturated carbocycles. The van der Waals surface area contributed by atoms with E-state index in [9.17, 15) is 14.4 Å². The number of carbonyl (C=O) groups is 3. The predicted molar refractivity (Wildman–Crippen MR) is 106 cm³/mol. The summed E-state index contributed by atoms with van der Waals surface area (Å²) in [6.45, 7) is 8.42. The first-order valence-electron chi connectivity index (χ1n) is 8.86. The highest BCUT2D eigenvalue weighted by atomic mass is 16.6. The molecule has 0 aliphatic rings. The molecule has 1 aromatic rings. The van der Waals surface area contributed by atoms with Crippen LogP contribution >= 0.6 is 0 Å². The Morgan fingerprint density at radius 1 is 1.17 bits per heavy atom. The van der Waals surface area contributed by atoms with Gasteiger partial charge in [0.1, 0.15) is 11.6 Å². The van der Waals surface area contributed by atoms with Gasteiger partial charge in [-0.05, 0) is 34.6 Å². The van der Waals surface area contributed by atoms with Gasteiger partial charge in [-0.3, -0.25) is 4.79 Å². The molecule has 3 N–H and O–H groups in total. The normalized spacial score (nSPS) is 11.6. The Labute approximate surface area is 170 Å². The minimum atomic E-state index is -1.13. The van der Waals surface area contributed by atoms with Crippen LogP contribution in [-0.4, -0.2) is 59.8 Å². The lowest BCUT2D eigenvalue weighted by molar-refractivity contribution is -0.142. The van der Waals surface area contributed by atoms with Crippen molar-refractivity contribution in [3.05, 3.63) is 17.0 Å². The molecule has 0 aliphatic carbocycles. The van der Waals surface area contributed by atoms with Crippen molar-refractivity contribution in [2.45, 2.75) is 46.3 Å². The lowest BCUT2D eigenvalue weighted by Crippen LogP contribution is -2.50. The van der Waals surface area contributed by atoms with E-state index in [1.165, 1.54) is 7.11 Å². The van der Waals surface area contributed by atoms with Crippen LogP contribution in [0.25, 0.3) is 0 Å². The van der Waals surface area contributed by atoms with Gasteiger partial charge < -0.3 is 25.4 Å². The van der Waals surface area contributed by atoms with Crippen molar-refractivity contribution >= 4 is 23.9 Å². The number of aromatic nitrogens is 2. The van der Waals surface area contributed by atoms with Gasteiger partial charge in [-0.2, -0.15) is 0 Å². The average Bonchev–Trinajstić information content (AvgIpc) is 2.60. The van der Waals surface area contributed by atoms with E-state index in [1.807, 2.05) is 0 Å². The van der Waals surface area contributed by atoms with E-state index < -0.39 is 29.6 Å². The summed E-state index contributed by atoms with van der Waals surface area (Å²) in [5, 5.41) is 7.80. The smallest absolute Gasteiger partial charge is 0.407 e. The third-order valence-corrected chi connectivity index (χ3v) is 3.49. The second kappa shape index (κ2) is 10.3. The fourth-order valence-corrected chi connectivity index (χ4v) is 2.32. The number of esters is 1. The van der Waals surface area contributed by atoms with Crippen molar-refractivity contribution in [2.24, 2.45) is 0 Å². The number of alkyl carbamates (subject to hydrolysis) is 1. The van der Waals surface area contributed by atoms with Gasteiger partial charge in [0.15, 0.2) is 0 Å². The number of hydrogen-bond acceptors (Lipinski definition) is 8. The predicted octanol–water partition coefficient (Wildman–Crippen LogP) is 0.935. The highest BCUT2D eigenvalue weighted by Crippen LogP contribution is 2.13. The number of hydrogen-bond donors (Lipinski definition) is 3. The molecule has 1 heterocycles. The second-order valence-corrected chi connectivity index (χ2v) is 7.08. The molecule has 29 heavy (non-hydrogen) atoms. The molecule has 10 heteroatoms. The van der Waals surface area contributed by atoms with Gasteiger partial charge >= 0.3 is 12.1 Å². The van der Waals surface area contributed by atoms with Gasteiger partial charge in [-0.1, -0.05) is 5.92 Å². The molecule has 1 atom stereocenters. The fraction of sp³-hybridized carbons (Fsp3) is 0.526. The third kappa shape index (κ3) is 7.65. The zero-order valence-corrected chi connectivity index (χ0v) is 17.5. The molecule has 0 saturated heterocycles. The van der Waals surface area contributed by atoms with Crippen molar-refractivity contribution in [3.63, 3.8) is 0 Å². The molecule has 2 amide bonds. The first kappa shape index (κ1) is 23.7. The van der Waals surface area contributed by atoms with E-state index in [2.05, 4.69) is 31.8 Å². The van der Waals surface area contributed by atoms with Gasteiger partial charge in [0, 0.05) is 0 Å². The summed E-state index contributed by atoms with van der Waals surface area (Å²) in [4.78, 5) is 45.0. The summed E-state index contributed by atoms with van der Waals surface area (Å²) in [5.74, 6) is 1.40. The Bertz CT molecular complexity index is 787. The van der Waals surface area contributed by atoms with Crippen LogP contribution in [0.15, 0.2) is 0 Å². The van der Waals surface area contributed by atoms with Crippen LogP contribution < -0.4 is 16.0 Å². The Morgan fingerprint density at radius 2 is 1.76 bits per heavy atom. The number of rotatable bonds is 7. The lowest BCUT2D eigenvalue weighted by atomic mass is 10.1. The van der Waals surface area contributed by atoms with Gasteiger partial charge in [0.2, 0.25) is 5.95 Å². The van der Waals surface area contributed by atoms with E-state index in [1.54, 1.807) is 34.6 Å². The third-order valence-electron chi connectivity index (χ3n) is 3.49. The maximum atomic E-state index is 12.7. The number of anilines is 1. The molecule has 10 nitrogen and oxygen atoms in total. The van der Waals surface area contributed by atoms with E-state index in [-0.39, 0.29) is 18.7 Å². The molecule has 158 valence electrons. The Hall–Kier alpha value is -3.35. The van der Waals surface area contributed by atoms with Crippen LogP contribution in [0, 0.1) is 26.2 Å². The van der Waals surface area contributed by atoms with E-state index in [0.717, 1.165) is 0 Å². The molecule has 0 spiro atoms. The molecular formula is C19H27N5O5. The zero-order chi connectivity index (χ0) is 22.2. The molecule has 0 fully saturated rings. The summed E-state index contributed by atoms with van der Waals surface area (Å²) in [6, 6.07) is -1.13. The van der Waals surface area contributed by atoms with E-state index in [0.29, 0.717) is 17.3 Å². The van der Waals surface area contributed by atoms with Crippen molar-refractivity contribution in [1.29, 1.82) is 0 Å². The Balaban J connectivity index is 2.92. The van der Waals surface area contributed by atoms with Crippen LogP contribution in [0.4, 0.5) is 10.7 Å². The number of nitrogens with one attached hydrogen (secondary N) is 3. The number of nitrogens with zero attached hydrogens (tertiary/aromatic N) is 2. The standard InChI is InChI=1S/C19H27N5O5/c1-8-9-20-17-22-11(2)14(12(3)23-17)15(25)24-13(16(26)28-7)10-21-18(27)29-19(4,5)6/h1,13H,9-10H2,2-7H3,(H,21,27)(H,24,25)(H,20,22,23). The zero-order valence-electron chi connectivity index (χ0n) is 17.5. The molecule has 0 aromatic carbocycles. The Kier molecular flexibility index (Phi) is 8.38. The van der Waals surface area contributed by atoms with Crippen LogP contribution in [0.3, 0.4) is 0 Å². The molecule has 0 bridgehead atoms. The summed E-state index contributed by atoms with van der Waals surface area (Å²) in [7, 11) is 1.18. The van der Waals surface area contributed by atoms with Gasteiger partial charge in [0.25, 0.3) is 5.91 Å². The first-order valence-corrected chi connectivity index (χ1v) is 8.86. The lowest BCUT2D eigenvalue weighted by Gasteiger charge is -2.22. The molecule has 0 radical (unpaired) electrons. The number of aryl methyl sites for hydroxylation is 2. The topological polar surface area (TPSA) is 132 Å². The number of carbonyl (C=O) groups excluding carboxylic acids is 3. The van der Waals surface area contributed by atoms with Crippen LogP contribution in [0.2, 0.25) is 0 Å². The van der Waals surface area contributed by atoms with Crippen LogP contribution in [0.5, 0.6) is 0 Å². The van der Waals surface area contributed by atoms with Crippen molar-refractivity contribution < 1.29 is 23.9 Å². The van der Waals surface area contributed by atoms with Crippen LogP contribution in [-0.2, 0) is 14.3 Å². The number of amides is 2.